The van der Waals surface area contributed by atoms with Crippen molar-refractivity contribution >= 4 is 43.6 Å². The number of carbonyl (C=O) groups excluding carboxylic acids is 1. The zero-order chi connectivity index (χ0) is 19.6. The number of hydrogen-bond acceptors (Lipinski definition) is 4. The van der Waals surface area contributed by atoms with Crippen LogP contribution in [0.15, 0.2) is 71.6 Å². The van der Waals surface area contributed by atoms with E-state index in [0.29, 0.717) is 13.0 Å². The van der Waals surface area contributed by atoms with Crippen LogP contribution in [0.1, 0.15) is 11.3 Å². The summed E-state index contributed by atoms with van der Waals surface area (Å²) in [5.41, 5.74) is 4.29. The predicted octanol–water partition coefficient (Wildman–Crippen LogP) is 5.18. The molecule has 5 aromatic rings. The molecule has 144 valence electrons. The molecule has 0 aliphatic heterocycles. The summed E-state index contributed by atoms with van der Waals surface area (Å²) in [7, 11) is 0. The van der Waals surface area contributed by atoms with Crippen molar-refractivity contribution in [2.45, 2.75) is 12.8 Å². The highest BCUT2D eigenvalue weighted by Gasteiger charge is 2.12. The van der Waals surface area contributed by atoms with E-state index in [9.17, 15) is 4.79 Å². The molecule has 0 aliphatic rings. The zero-order valence-corrected chi connectivity index (χ0v) is 17.3. The molecule has 3 heterocycles. The Kier molecular flexibility index (Phi) is 4.87. The first-order chi connectivity index (χ1) is 14.3. The fourth-order valence-corrected chi connectivity index (χ4v) is 5.36. The van der Waals surface area contributed by atoms with Crippen LogP contribution in [-0.4, -0.2) is 21.8 Å². The van der Waals surface area contributed by atoms with Gasteiger partial charge in [0.2, 0.25) is 5.91 Å². The molecule has 2 aromatic carbocycles. The molecule has 1 N–H and O–H groups in total. The lowest BCUT2D eigenvalue weighted by Crippen LogP contribution is -2.27. The van der Waals surface area contributed by atoms with Gasteiger partial charge >= 0.3 is 0 Å². The Morgan fingerprint density at radius 2 is 1.83 bits per heavy atom. The molecular weight excluding hydrogens is 398 g/mol. The Balaban J connectivity index is 1.24. The fourth-order valence-electron chi connectivity index (χ4n) is 3.49. The third-order valence-electron chi connectivity index (χ3n) is 4.97. The molecule has 1 amide bonds. The second kappa shape index (κ2) is 7.81. The number of benzene rings is 2. The highest BCUT2D eigenvalue weighted by Crippen LogP contribution is 2.26. The van der Waals surface area contributed by atoms with Gasteiger partial charge in [0.1, 0.15) is 0 Å². The molecule has 6 heteroatoms. The highest BCUT2D eigenvalue weighted by molar-refractivity contribution is 7.17. The maximum absolute atomic E-state index is 12.5. The average Bonchev–Trinajstić information content (AvgIpc) is 3.45. The predicted molar refractivity (Wildman–Crippen MR) is 121 cm³/mol. The number of rotatable bonds is 6. The Morgan fingerprint density at radius 3 is 2.72 bits per heavy atom. The van der Waals surface area contributed by atoms with Gasteiger partial charge in [0, 0.05) is 34.1 Å². The Morgan fingerprint density at radius 1 is 1.00 bits per heavy atom. The minimum atomic E-state index is 0.0409. The summed E-state index contributed by atoms with van der Waals surface area (Å²) < 4.78 is 3.32. The molecule has 0 saturated heterocycles. The lowest BCUT2D eigenvalue weighted by atomic mass is 10.1. The van der Waals surface area contributed by atoms with Gasteiger partial charge in [-0.1, -0.05) is 48.5 Å². The molecule has 0 unspecified atom stereocenters. The first-order valence-electron chi connectivity index (χ1n) is 9.50. The van der Waals surface area contributed by atoms with E-state index >= 15 is 0 Å². The summed E-state index contributed by atoms with van der Waals surface area (Å²) in [6.45, 7) is 0.645. The lowest BCUT2D eigenvalue weighted by Gasteiger charge is -2.05. The molecule has 0 aliphatic carbocycles. The molecule has 29 heavy (non-hydrogen) atoms. The van der Waals surface area contributed by atoms with Crippen molar-refractivity contribution in [2.75, 3.05) is 6.54 Å². The highest BCUT2D eigenvalue weighted by atomic mass is 32.1. The van der Waals surface area contributed by atoms with Crippen molar-refractivity contribution in [3.63, 3.8) is 0 Å². The van der Waals surface area contributed by atoms with Crippen molar-refractivity contribution in [3.8, 4) is 11.3 Å². The minimum Gasteiger partial charge on any atom is -0.355 e. The number of nitrogens with zero attached hydrogens (tertiary/aromatic N) is 2. The van der Waals surface area contributed by atoms with Crippen LogP contribution in [-0.2, 0) is 17.6 Å². The molecule has 0 radical (unpaired) electrons. The van der Waals surface area contributed by atoms with E-state index < -0.39 is 0 Å². The minimum absolute atomic E-state index is 0.0409. The zero-order valence-electron chi connectivity index (χ0n) is 15.7. The summed E-state index contributed by atoms with van der Waals surface area (Å²) in [6, 6.07) is 18.5. The number of hydrogen-bond donors (Lipinski definition) is 1. The SMILES string of the molecule is O=C(Cc1csc2nc(-c3ccccc3)cn12)NCCc1csc2ccccc12. The second-order valence-electron chi connectivity index (χ2n) is 6.91. The number of nitrogens with one attached hydrogen (secondary N) is 1. The van der Waals surface area contributed by atoms with E-state index in [1.54, 1.807) is 22.7 Å². The van der Waals surface area contributed by atoms with E-state index in [1.807, 2.05) is 46.3 Å². The summed E-state index contributed by atoms with van der Waals surface area (Å²) >= 11 is 3.32. The number of aromatic nitrogens is 2. The van der Waals surface area contributed by atoms with E-state index in [1.165, 1.54) is 15.6 Å². The van der Waals surface area contributed by atoms with Gasteiger partial charge in [0.15, 0.2) is 4.96 Å². The number of thiazole rings is 1. The molecule has 0 spiro atoms. The Bertz CT molecular complexity index is 1280. The molecule has 4 nitrogen and oxygen atoms in total. The van der Waals surface area contributed by atoms with Gasteiger partial charge in [-0.15, -0.1) is 22.7 Å². The van der Waals surface area contributed by atoms with E-state index in [2.05, 4.69) is 39.9 Å². The normalized spacial score (nSPS) is 11.3. The molecule has 0 fully saturated rings. The van der Waals surface area contributed by atoms with E-state index in [0.717, 1.165) is 28.3 Å². The third kappa shape index (κ3) is 3.69. The van der Waals surface area contributed by atoms with Crippen molar-refractivity contribution in [2.24, 2.45) is 0 Å². The first-order valence-corrected chi connectivity index (χ1v) is 11.3. The van der Waals surface area contributed by atoms with Crippen LogP contribution in [0.5, 0.6) is 0 Å². The lowest BCUT2D eigenvalue weighted by molar-refractivity contribution is -0.120. The number of fused-ring (bicyclic) bond motifs is 2. The molecule has 5 rings (SSSR count). The topological polar surface area (TPSA) is 46.4 Å². The summed E-state index contributed by atoms with van der Waals surface area (Å²) in [5, 5.41) is 8.56. The first kappa shape index (κ1) is 18.1. The van der Waals surface area contributed by atoms with Gasteiger partial charge < -0.3 is 5.32 Å². The van der Waals surface area contributed by atoms with E-state index in [-0.39, 0.29) is 5.91 Å². The van der Waals surface area contributed by atoms with Crippen LogP contribution >= 0.6 is 22.7 Å². The summed E-state index contributed by atoms with van der Waals surface area (Å²) in [6.07, 6.45) is 3.22. The van der Waals surface area contributed by atoms with Gasteiger partial charge in [-0.25, -0.2) is 4.98 Å². The van der Waals surface area contributed by atoms with Crippen molar-refractivity contribution < 1.29 is 4.79 Å². The largest absolute Gasteiger partial charge is 0.355 e. The maximum atomic E-state index is 12.5. The van der Waals surface area contributed by atoms with Gasteiger partial charge in [-0.3, -0.25) is 9.20 Å². The van der Waals surface area contributed by atoms with Crippen LogP contribution in [0, 0.1) is 0 Å². The second-order valence-corrected chi connectivity index (χ2v) is 8.65. The van der Waals surface area contributed by atoms with Crippen LogP contribution in [0.4, 0.5) is 0 Å². The Hall–Kier alpha value is -2.96. The molecular formula is C23H19N3OS2. The quantitative estimate of drug-likeness (QED) is 0.414. The van der Waals surface area contributed by atoms with Gasteiger partial charge in [0.25, 0.3) is 0 Å². The molecule has 0 bridgehead atoms. The number of carbonyl (C=O) groups is 1. The van der Waals surface area contributed by atoms with Crippen molar-refractivity contribution in [1.29, 1.82) is 0 Å². The number of amides is 1. The summed E-state index contributed by atoms with van der Waals surface area (Å²) in [5.74, 6) is 0.0409. The third-order valence-corrected chi connectivity index (χ3v) is 6.87. The maximum Gasteiger partial charge on any atom is 0.225 e. The van der Waals surface area contributed by atoms with Crippen molar-refractivity contribution in [3.05, 3.63) is 82.8 Å². The van der Waals surface area contributed by atoms with Gasteiger partial charge in [-0.2, -0.15) is 0 Å². The number of thiophene rings is 1. The molecule has 0 saturated carbocycles. The van der Waals surface area contributed by atoms with Crippen LogP contribution in [0.25, 0.3) is 26.3 Å². The number of imidazole rings is 1. The average molecular weight is 418 g/mol. The van der Waals surface area contributed by atoms with Crippen molar-refractivity contribution in [1.82, 2.24) is 14.7 Å². The molecule has 3 aromatic heterocycles. The smallest absolute Gasteiger partial charge is 0.225 e. The summed E-state index contributed by atoms with van der Waals surface area (Å²) in [4.78, 5) is 18.1. The van der Waals surface area contributed by atoms with Gasteiger partial charge in [-0.05, 0) is 28.8 Å². The van der Waals surface area contributed by atoms with E-state index in [4.69, 9.17) is 0 Å². The van der Waals surface area contributed by atoms with Crippen LogP contribution in [0.2, 0.25) is 0 Å². The fraction of sp³-hybridized carbons (Fsp3) is 0.130. The van der Waals surface area contributed by atoms with Crippen LogP contribution in [0.3, 0.4) is 0 Å². The Labute approximate surface area is 176 Å². The monoisotopic (exact) mass is 417 g/mol. The molecule has 0 atom stereocenters. The standard InChI is InChI=1S/C23H19N3OS2/c27-22(24-11-10-17-14-28-21-9-5-4-8-19(17)21)12-18-15-29-23-25-20(13-26(18)23)16-6-2-1-3-7-16/h1-9,13-15H,10-12H2,(H,24,27). The van der Waals surface area contributed by atoms with Crippen LogP contribution < -0.4 is 5.32 Å². The van der Waals surface area contributed by atoms with Gasteiger partial charge in [0.05, 0.1) is 12.1 Å².